The third kappa shape index (κ3) is 4.20. The summed E-state index contributed by atoms with van der Waals surface area (Å²) in [5.41, 5.74) is 2.03. The van der Waals surface area contributed by atoms with E-state index >= 15 is 0 Å². The van der Waals surface area contributed by atoms with Crippen LogP contribution in [0.4, 0.5) is 11.4 Å². The Morgan fingerprint density at radius 1 is 1.04 bits per heavy atom. The van der Waals surface area contributed by atoms with Crippen molar-refractivity contribution in [2.45, 2.75) is 0 Å². The van der Waals surface area contributed by atoms with E-state index in [0.717, 1.165) is 31.9 Å². The second-order valence-corrected chi connectivity index (χ2v) is 6.11. The average Bonchev–Trinajstić information content (AvgIpc) is 2.74. The number of rotatable bonds is 5. The van der Waals surface area contributed by atoms with Crippen molar-refractivity contribution in [3.63, 3.8) is 0 Å². The summed E-state index contributed by atoms with van der Waals surface area (Å²) in [6.45, 7) is 3.49. The molecule has 0 saturated carbocycles. The van der Waals surface area contributed by atoms with Gasteiger partial charge >= 0.3 is 5.97 Å². The van der Waals surface area contributed by atoms with Gasteiger partial charge in [0.25, 0.3) is 5.91 Å². The maximum atomic E-state index is 12.7. The summed E-state index contributed by atoms with van der Waals surface area (Å²) in [4.78, 5) is 27.2. The van der Waals surface area contributed by atoms with Crippen LogP contribution >= 0.6 is 0 Å². The van der Waals surface area contributed by atoms with Gasteiger partial charge in [-0.15, -0.1) is 0 Å². The third-order valence-corrected chi connectivity index (χ3v) is 4.49. The molecule has 0 bridgehead atoms. The van der Waals surface area contributed by atoms with Gasteiger partial charge < -0.3 is 25.0 Å². The quantitative estimate of drug-likeness (QED) is 0.786. The van der Waals surface area contributed by atoms with Gasteiger partial charge in [-0.2, -0.15) is 0 Å². The van der Waals surface area contributed by atoms with E-state index in [4.69, 9.17) is 9.47 Å². The van der Waals surface area contributed by atoms with Crippen LogP contribution in [0.1, 0.15) is 20.7 Å². The van der Waals surface area contributed by atoms with Crippen molar-refractivity contribution >= 4 is 23.3 Å². The minimum atomic E-state index is -0.498. The number of methoxy groups -OCH3 is 2. The van der Waals surface area contributed by atoms with E-state index in [-0.39, 0.29) is 5.91 Å². The molecule has 1 heterocycles. The first-order chi connectivity index (χ1) is 13.1. The van der Waals surface area contributed by atoms with E-state index in [1.54, 1.807) is 36.4 Å². The fraction of sp³-hybridized carbons (Fsp3) is 0.300. The Labute approximate surface area is 158 Å². The number of benzene rings is 2. The molecule has 7 heteroatoms. The zero-order chi connectivity index (χ0) is 19.2. The molecule has 7 nitrogen and oxygen atoms in total. The molecule has 2 N–H and O–H groups in total. The molecule has 1 aliphatic rings. The standard InChI is InChI=1S/C20H23N3O4/c1-26-18-6-4-3-5-15(18)19(24)22-17-8-7-14(13-16(17)20(25)27-2)23-11-9-21-10-12-23/h3-8,13,21H,9-12H2,1-2H3,(H,22,24). The smallest absolute Gasteiger partial charge is 0.340 e. The van der Waals surface area contributed by atoms with Crippen LogP contribution in [-0.2, 0) is 4.74 Å². The van der Waals surface area contributed by atoms with E-state index in [0.29, 0.717) is 22.6 Å². The van der Waals surface area contributed by atoms with E-state index in [1.165, 1.54) is 14.2 Å². The lowest BCUT2D eigenvalue weighted by Gasteiger charge is -2.30. The minimum absolute atomic E-state index is 0.316. The molecule has 0 spiro atoms. The summed E-state index contributed by atoms with van der Waals surface area (Å²) in [5, 5.41) is 6.09. The van der Waals surface area contributed by atoms with Gasteiger partial charge in [-0.1, -0.05) is 12.1 Å². The number of anilines is 2. The van der Waals surface area contributed by atoms with Crippen molar-refractivity contribution < 1.29 is 19.1 Å². The van der Waals surface area contributed by atoms with E-state index in [1.807, 2.05) is 6.07 Å². The molecule has 0 aliphatic carbocycles. The van der Waals surface area contributed by atoms with Gasteiger partial charge in [0.05, 0.1) is 31.0 Å². The molecule has 1 fully saturated rings. The van der Waals surface area contributed by atoms with Crippen LogP contribution in [-0.4, -0.2) is 52.3 Å². The lowest BCUT2D eigenvalue weighted by molar-refractivity contribution is 0.0602. The van der Waals surface area contributed by atoms with Gasteiger partial charge in [0.2, 0.25) is 0 Å². The number of carbonyl (C=O) groups is 2. The molecule has 1 saturated heterocycles. The van der Waals surface area contributed by atoms with Crippen molar-refractivity contribution in [1.29, 1.82) is 0 Å². The van der Waals surface area contributed by atoms with Crippen molar-refractivity contribution in [3.05, 3.63) is 53.6 Å². The average molecular weight is 369 g/mol. The number of esters is 1. The SMILES string of the molecule is COC(=O)c1cc(N2CCNCC2)ccc1NC(=O)c1ccccc1OC. The summed E-state index contributed by atoms with van der Waals surface area (Å²) >= 11 is 0. The van der Waals surface area contributed by atoms with E-state index in [2.05, 4.69) is 15.5 Å². The number of ether oxygens (including phenoxy) is 2. The van der Waals surface area contributed by atoms with Crippen LogP contribution in [0.3, 0.4) is 0 Å². The highest BCUT2D eigenvalue weighted by Crippen LogP contribution is 2.26. The molecule has 0 aromatic heterocycles. The van der Waals surface area contributed by atoms with Crippen molar-refractivity contribution in [3.8, 4) is 5.75 Å². The maximum Gasteiger partial charge on any atom is 0.340 e. The fourth-order valence-corrected chi connectivity index (χ4v) is 3.06. The summed E-state index contributed by atoms with van der Waals surface area (Å²) in [5.74, 6) is -0.387. The van der Waals surface area contributed by atoms with Crippen LogP contribution in [0.25, 0.3) is 0 Å². The fourth-order valence-electron chi connectivity index (χ4n) is 3.06. The molecule has 0 atom stereocenters. The normalized spacial score (nSPS) is 13.8. The Hall–Kier alpha value is -3.06. The molecule has 2 aromatic carbocycles. The Balaban J connectivity index is 1.89. The van der Waals surface area contributed by atoms with Gasteiger partial charge in [-0.05, 0) is 30.3 Å². The summed E-state index contributed by atoms with van der Waals surface area (Å²) < 4.78 is 10.1. The van der Waals surface area contributed by atoms with Crippen LogP contribution in [0, 0.1) is 0 Å². The predicted octanol–water partition coefficient (Wildman–Crippen LogP) is 2.14. The van der Waals surface area contributed by atoms with Crippen molar-refractivity contribution in [2.75, 3.05) is 50.6 Å². The Morgan fingerprint density at radius 2 is 1.78 bits per heavy atom. The van der Waals surface area contributed by atoms with Crippen molar-refractivity contribution in [1.82, 2.24) is 5.32 Å². The predicted molar refractivity (Wildman–Crippen MR) is 104 cm³/mol. The Morgan fingerprint density at radius 3 is 2.48 bits per heavy atom. The molecule has 1 amide bonds. The summed E-state index contributed by atoms with van der Waals surface area (Å²) in [6, 6.07) is 12.3. The number of nitrogens with one attached hydrogen (secondary N) is 2. The van der Waals surface area contributed by atoms with Gasteiger partial charge in [-0.25, -0.2) is 4.79 Å². The Bertz CT molecular complexity index is 832. The molecule has 142 valence electrons. The molecular formula is C20H23N3O4. The lowest BCUT2D eigenvalue weighted by Crippen LogP contribution is -2.43. The highest BCUT2D eigenvalue weighted by molar-refractivity contribution is 6.09. The zero-order valence-electron chi connectivity index (χ0n) is 15.5. The highest BCUT2D eigenvalue weighted by atomic mass is 16.5. The number of para-hydroxylation sites is 1. The highest BCUT2D eigenvalue weighted by Gasteiger charge is 2.19. The van der Waals surface area contributed by atoms with Gasteiger partial charge in [0.15, 0.2) is 0 Å². The zero-order valence-corrected chi connectivity index (χ0v) is 15.5. The molecule has 3 rings (SSSR count). The van der Waals surface area contributed by atoms with Crippen molar-refractivity contribution in [2.24, 2.45) is 0 Å². The molecule has 27 heavy (non-hydrogen) atoms. The number of piperazine rings is 1. The Kier molecular flexibility index (Phi) is 5.93. The van der Waals surface area contributed by atoms with Gasteiger partial charge in [-0.3, -0.25) is 4.79 Å². The first-order valence-corrected chi connectivity index (χ1v) is 8.76. The van der Waals surface area contributed by atoms with E-state index < -0.39 is 5.97 Å². The second-order valence-electron chi connectivity index (χ2n) is 6.11. The molecule has 0 radical (unpaired) electrons. The van der Waals surface area contributed by atoms with E-state index in [9.17, 15) is 9.59 Å². The summed E-state index contributed by atoms with van der Waals surface area (Å²) in [6.07, 6.45) is 0. The number of amides is 1. The molecular weight excluding hydrogens is 346 g/mol. The van der Waals surface area contributed by atoms with Gasteiger partial charge in [0.1, 0.15) is 5.75 Å². The van der Waals surface area contributed by atoms with Crippen LogP contribution in [0.15, 0.2) is 42.5 Å². The minimum Gasteiger partial charge on any atom is -0.496 e. The lowest BCUT2D eigenvalue weighted by atomic mass is 10.1. The monoisotopic (exact) mass is 369 g/mol. The number of hydrogen-bond acceptors (Lipinski definition) is 6. The van der Waals surface area contributed by atoms with Crippen LogP contribution < -0.4 is 20.3 Å². The first-order valence-electron chi connectivity index (χ1n) is 8.76. The number of hydrogen-bond donors (Lipinski definition) is 2. The molecule has 1 aliphatic heterocycles. The topological polar surface area (TPSA) is 79.9 Å². The third-order valence-electron chi connectivity index (χ3n) is 4.49. The van der Waals surface area contributed by atoms with Crippen LogP contribution in [0.2, 0.25) is 0 Å². The number of carbonyl (C=O) groups excluding carboxylic acids is 2. The molecule has 0 unspecified atom stereocenters. The van der Waals surface area contributed by atoms with Crippen LogP contribution in [0.5, 0.6) is 5.75 Å². The largest absolute Gasteiger partial charge is 0.496 e. The number of nitrogens with zero attached hydrogens (tertiary/aromatic N) is 1. The maximum absolute atomic E-state index is 12.7. The second kappa shape index (κ2) is 8.55. The first kappa shape index (κ1) is 18.7. The van der Waals surface area contributed by atoms with Gasteiger partial charge in [0, 0.05) is 31.9 Å². The molecule has 2 aromatic rings. The summed E-state index contributed by atoms with van der Waals surface area (Å²) in [7, 11) is 2.83.